The quantitative estimate of drug-likeness (QED) is 0.464. The average molecular weight is 526 g/mol. The normalized spacial score (nSPS) is 18.7. The van der Waals surface area contributed by atoms with Gasteiger partial charge in [-0.05, 0) is 92.5 Å². The van der Waals surface area contributed by atoms with Crippen LogP contribution in [-0.2, 0) is 22.0 Å². The van der Waals surface area contributed by atoms with Gasteiger partial charge in [0.2, 0.25) is 0 Å². The number of carbonyl (C=O) groups is 1. The summed E-state index contributed by atoms with van der Waals surface area (Å²) in [6.45, 7) is 3.77. The number of benzene rings is 3. The zero-order valence-corrected chi connectivity index (χ0v) is 21.4. The van der Waals surface area contributed by atoms with Gasteiger partial charge in [0.1, 0.15) is 5.75 Å². The summed E-state index contributed by atoms with van der Waals surface area (Å²) in [6.07, 6.45) is 1.51. The lowest BCUT2D eigenvalue weighted by molar-refractivity contribution is 0.0950. The van der Waals surface area contributed by atoms with Crippen molar-refractivity contribution < 1.29 is 18.3 Å². The largest absolute Gasteiger partial charge is 0.508 e. The average Bonchev–Trinajstić information content (AvgIpc) is 3.11. The van der Waals surface area contributed by atoms with Crippen LogP contribution in [0, 0.1) is 0 Å². The lowest BCUT2D eigenvalue weighted by atomic mass is 9.70. The minimum Gasteiger partial charge on any atom is -0.508 e. The standard InChI is InChI=1S/C27H28ClN3O4S/c1-18-27(12-14-29-15-13-27)23-16-19(26(33)30-17-20-4-2-3-5-24(20)28)6-11-25(23)31(18)36(34,35)22-9-7-21(32)8-10-22/h2-11,16,18,29,32H,12-15,17H2,1H3,(H,30,33). The van der Waals surface area contributed by atoms with E-state index in [4.69, 9.17) is 11.6 Å². The number of hydrogen-bond donors (Lipinski definition) is 3. The van der Waals surface area contributed by atoms with Gasteiger partial charge in [-0.2, -0.15) is 0 Å². The second-order valence-electron chi connectivity index (χ2n) is 9.38. The minimum atomic E-state index is -3.89. The Kier molecular flexibility index (Phi) is 6.44. The number of piperidine rings is 1. The smallest absolute Gasteiger partial charge is 0.264 e. The Morgan fingerprint density at radius 3 is 2.50 bits per heavy atom. The van der Waals surface area contributed by atoms with Crippen molar-refractivity contribution in [2.45, 2.75) is 42.7 Å². The van der Waals surface area contributed by atoms with Crippen LogP contribution in [0.25, 0.3) is 0 Å². The molecule has 1 spiro atoms. The summed E-state index contributed by atoms with van der Waals surface area (Å²) in [7, 11) is -3.89. The van der Waals surface area contributed by atoms with Crippen LogP contribution >= 0.6 is 11.6 Å². The van der Waals surface area contributed by atoms with Crippen LogP contribution in [0.15, 0.2) is 71.6 Å². The zero-order valence-electron chi connectivity index (χ0n) is 19.9. The van der Waals surface area contributed by atoms with Crippen LogP contribution in [0.4, 0.5) is 5.69 Å². The monoisotopic (exact) mass is 525 g/mol. The van der Waals surface area contributed by atoms with E-state index in [0.29, 0.717) is 22.8 Å². The van der Waals surface area contributed by atoms with Gasteiger partial charge in [0.25, 0.3) is 15.9 Å². The van der Waals surface area contributed by atoms with Crippen molar-refractivity contribution in [2.75, 3.05) is 17.4 Å². The summed E-state index contributed by atoms with van der Waals surface area (Å²) < 4.78 is 29.1. The molecule has 1 fully saturated rings. The molecule has 2 aliphatic heterocycles. The van der Waals surface area contributed by atoms with E-state index in [1.54, 1.807) is 18.2 Å². The highest BCUT2D eigenvalue weighted by atomic mass is 35.5. The SMILES string of the molecule is CC1N(S(=O)(=O)c2ccc(O)cc2)c2ccc(C(=O)NCc3ccccc3Cl)cc2C12CCNCC2. The Hall–Kier alpha value is -3.07. The Morgan fingerprint density at radius 2 is 1.81 bits per heavy atom. The number of amides is 1. The van der Waals surface area contributed by atoms with Gasteiger partial charge in [0, 0.05) is 22.5 Å². The molecule has 0 radical (unpaired) electrons. The molecule has 5 rings (SSSR count). The molecule has 2 heterocycles. The molecule has 7 nitrogen and oxygen atoms in total. The third-order valence-corrected chi connectivity index (χ3v) is 9.74. The van der Waals surface area contributed by atoms with Crippen LogP contribution in [-0.4, -0.2) is 38.6 Å². The molecule has 0 bridgehead atoms. The van der Waals surface area contributed by atoms with Gasteiger partial charge in [0.05, 0.1) is 16.6 Å². The third kappa shape index (κ3) is 4.13. The molecular formula is C27H28ClN3O4S. The number of carbonyl (C=O) groups excluding carboxylic acids is 1. The van der Waals surface area contributed by atoms with Crippen molar-refractivity contribution in [3.8, 4) is 5.75 Å². The van der Waals surface area contributed by atoms with E-state index in [0.717, 1.165) is 37.1 Å². The molecule has 3 aromatic rings. The molecule has 3 N–H and O–H groups in total. The number of hydrogen-bond acceptors (Lipinski definition) is 5. The molecular weight excluding hydrogens is 498 g/mol. The highest BCUT2D eigenvalue weighted by Gasteiger charge is 2.53. The topological polar surface area (TPSA) is 98.7 Å². The van der Waals surface area contributed by atoms with E-state index < -0.39 is 15.4 Å². The number of anilines is 1. The van der Waals surface area contributed by atoms with Crippen molar-refractivity contribution in [2.24, 2.45) is 0 Å². The van der Waals surface area contributed by atoms with Gasteiger partial charge in [-0.1, -0.05) is 29.8 Å². The Balaban J connectivity index is 1.52. The van der Waals surface area contributed by atoms with Crippen molar-refractivity contribution >= 4 is 33.2 Å². The number of nitrogens with one attached hydrogen (secondary N) is 2. The highest BCUT2D eigenvalue weighted by Crippen LogP contribution is 2.52. The lowest BCUT2D eigenvalue weighted by Crippen LogP contribution is -2.50. The van der Waals surface area contributed by atoms with Crippen molar-refractivity contribution in [3.63, 3.8) is 0 Å². The molecule has 2 aliphatic rings. The predicted molar refractivity (Wildman–Crippen MR) is 140 cm³/mol. The fraction of sp³-hybridized carbons (Fsp3) is 0.296. The number of sulfonamides is 1. The zero-order chi connectivity index (χ0) is 25.5. The molecule has 36 heavy (non-hydrogen) atoms. The number of fused-ring (bicyclic) bond motifs is 2. The molecule has 0 aromatic heterocycles. The summed E-state index contributed by atoms with van der Waals surface area (Å²) in [6, 6.07) is 17.9. The first kappa shape index (κ1) is 24.6. The Bertz CT molecular complexity index is 1400. The van der Waals surface area contributed by atoms with E-state index in [1.807, 2.05) is 31.2 Å². The number of phenolic OH excluding ortho intramolecular Hbond substituents is 1. The van der Waals surface area contributed by atoms with Gasteiger partial charge in [-0.25, -0.2) is 8.42 Å². The molecule has 1 saturated heterocycles. The Morgan fingerprint density at radius 1 is 1.11 bits per heavy atom. The van der Waals surface area contributed by atoms with Crippen LogP contribution in [0.2, 0.25) is 5.02 Å². The molecule has 3 aromatic carbocycles. The first-order chi connectivity index (χ1) is 17.2. The minimum absolute atomic E-state index is 0.00564. The first-order valence-electron chi connectivity index (χ1n) is 11.9. The van der Waals surface area contributed by atoms with E-state index in [9.17, 15) is 18.3 Å². The maximum Gasteiger partial charge on any atom is 0.264 e. The van der Waals surface area contributed by atoms with Crippen molar-refractivity contribution in [1.82, 2.24) is 10.6 Å². The lowest BCUT2D eigenvalue weighted by Gasteiger charge is -2.40. The molecule has 0 saturated carbocycles. The predicted octanol–water partition coefficient (Wildman–Crippen LogP) is 4.19. The molecule has 1 unspecified atom stereocenters. The van der Waals surface area contributed by atoms with Gasteiger partial charge < -0.3 is 15.7 Å². The maximum atomic E-state index is 13.8. The van der Waals surface area contributed by atoms with E-state index >= 15 is 0 Å². The summed E-state index contributed by atoms with van der Waals surface area (Å²) >= 11 is 6.23. The molecule has 1 atom stereocenters. The van der Waals surface area contributed by atoms with Gasteiger partial charge >= 0.3 is 0 Å². The summed E-state index contributed by atoms with van der Waals surface area (Å²) in [4.78, 5) is 13.2. The molecule has 0 aliphatic carbocycles. The van der Waals surface area contributed by atoms with Crippen LogP contribution in [0.5, 0.6) is 5.75 Å². The fourth-order valence-electron chi connectivity index (χ4n) is 5.48. The van der Waals surface area contributed by atoms with E-state index in [2.05, 4.69) is 10.6 Å². The number of nitrogens with zero attached hydrogens (tertiary/aromatic N) is 1. The summed E-state index contributed by atoms with van der Waals surface area (Å²) in [5, 5.41) is 16.5. The third-order valence-electron chi connectivity index (χ3n) is 7.47. The number of rotatable bonds is 5. The van der Waals surface area contributed by atoms with Crippen LogP contribution in [0.1, 0.15) is 41.3 Å². The summed E-state index contributed by atoms with van der Waals surface area (Å²) in [5.41, 5.74) is 2.37. The van der Waals surface area contributed by atoms with Gasteiger partial charge in [-0.15, -0.1) is 0 Å². The summed E-state index contributed by atoms with van der Waals surface area (Å²) in [5.74, 6) is -0.236. The fourth-order valence-corrected chi connectivity index (χ4v) is 7.42. The van der Waals surface area contributed by atoms with E-state index in [1.165, 1.54) is 28.6 Å². The van der Waals surface area contributed by atoms with Crippen LogP contribution in [0.3, 0.4) is 0 Å². The Labute approximate surface area is 216 Å². The van der Waals surface area contributed by atoms with Gasteiger partial charge in [-0.3, -0.25) is 9.10 Å². The van der Waals surface area contributed by atoms with Gasteiger partial charge in [0.15, 0.2) is 0 Å². The second-order valence-corrected chi connectivity index (χ2v) is 11.6. The number of aromatic hydroxyl groups is 1. The first-order valence-corrected chi connectivity index (χ1v) is 13.8. The van der Waals surface area contributed by atoms with E-state index in [-0.39, 0.29) is 22.6 Å². The molecule has 9 heteroatoms. The number of phenols is 1. The number of halogens is 1. The highest BCUT2D eigenvalue weighted by molar-refractivity contribution is 7.92. The van der Waals surface area contributed by atoms with Crippen molar-refractivity contribution in [1.29, 1.82) is 0 Å². The second kappa shape index (κ2) is 9.42. The molecule has 188 valence electrons. The van der Waals surface area contributed by atoms with Crippen LogP contribution < -0.4 is 14.9 Å². The molecule has 1 amide bonds. The maximum absolute atomic E-state index is 13.8. The van der Waals surface area contributed by atoms with Crippen molar-refractivity contribution in [3.05, 3.63) is 88.4 Å².